The number of nitro groups is 1. The Morgan fingerprint density at radius 3 is 2.32 bits per heavy atom. The van der Waals surface area contributed by atoms with Gasteiger partial charge in [-0.15, -0.1) is 0 Å². The van der Waals surface area contributed by atoms with Crippen LogP contribution in [-0.2, 0) is 17.8 Å². The molecule has 0 N–H and O–H groups in total. The number of benzene rings is 3. The minimum atomic E-state index is -0.487. The largest absolute Gasteiger partial charge is 0.440 e. The van der Waals surface area contributed by atoms with Crippen molar-refractivity contribution < 1.29 is 14.1 Å². The first-order valence-electron chi connectivity index (χ1n) is 10.7. The summed E-state index contributed by atoms with van der Waals surface area (Å²) in [5, 5.41) is 11.4. The van der Waals surface area contributed by atoms with Gasteiger partial charge in [0.1, 0.15) is 5.69 Å². The molecule has 172 valence electrons. The van der Waals surface area contributed by atoms with E-state index in [1.807, 2.05) is 60.7 Å². The van der Waals surface area contributed by atoms with Crippen LogP contribution in [0.25, 0.3) is 22.6 Å². The maximum Gasteiger partial charge on any atom is 0.269 e. The topological polar surface area (TPSA) is 89.5 Å². The predicted octanol–water partition coefficient (Wildman–Crippen LogP) is 6.16. The van der Waals surface area contributed by atoms with Gasteiger partial charge in [-0.25, -0.2) is 4.98 Å². The number of nitrogens with zero attached hydrogens (tertiary/aromatic N) is 3. The number of aromatic nitrogens is 1. The molecule has 0 aliphatic rings. The van der Waals surface area contributed by atoms with Crippen LogP contribution in [0.2, 0.25) is 5.02 Å². The van der Waals surface area contributed by atoms with Gasteiger partial charge in [0.15, 0.2) is 11.7 Å². The van der Waals surface area contributed by atoms with Gasteiger partial charge in [0.2, 0.25) is 5.91 Å². The molecule has 0 saturated heterocycles. The van der Waals surface area contributed by atoms with Crippen LogP contribution in [0.15, 0.2) is 83.3 Å². The maximum atomic E-state index is 12.8. The van der Waals surface area contributed by atoms with E-state index in [0.717, 1.165) is 16.8 Å². The fourth-order valence-electron chi connectivity index (χ4n) is 3.59. The number of nitro benzene ring substituents is 1. The smallest absolute Gasteiger partial charge is 0.269 e. The summed E-state index contributed by atoms with van der Waals surface area (Å²) in [6.07, 6.45) is 0.491. The Morgan fingerprint density at radius 2 is 1.68 bits per heavy atom. The van der Waals surface area contributed by atoms with Gasteiger partial charge in [-0.3, -0.25) is 14.9 Å². The van der Waals surface area contributed by atoms with Crippen LogP contribution in [-0.4, -0.2) is 27.8 Å². The van der Waals surface area contributed by atoms with Gasteiger partial charge in [0.05, 0.1) is 4.92 Å². The van der Waals surface area contributed by atoms with E-state index in [9.17, 15) is 14.9 Å². The third kappa shape index (κ3) is 5.32. The monoisotopic (exact) mass is 475 g/mol. The van der Waals surface area contributed by atoms with Gasteiger partial charge in [0, 0.05) is 54.7 Å². The van der Waals surface area contributed by atoms with Crippen molar-refractivity contribution in [1.82, 2.24) is 9.88 Å². The molecule has 0 saturated carbocycles. The third-order valence-electron chi connectivity index (χ3n) is 5.38. The lowest BCUT2D eigenvalue weighted by Gasteiger charge is -2.17. The van der Waals surface area contributed by atoms with Gasteiger partial charge >= 0.3 is 0 Å². The van der Waals surface area contributed by atoms with Gasteiger partial charge in [-0.05, 0) is 11.6 Å². The quantitative estimate of drug-likeness (QED) is 0.225. The van der Waals surface area contributed by atoms with Crippen molar-refractivity contribution in [3.63, 3.8) is 0 Å². The van der Waals surface area contributed by atoms with Crippen molar-refractivity contribution in [3.05, 3.63) is 105 Å². The zero-order chi connectivity index (χ0) is 24.1. The molecule has 0 unspecified atom stereocenters. The molecule has 1 heterocycles. The Bertz CT molecular complexity index is 1250. The first kappa shape index (κ1) is 23.2. The highest BCUT2D eigenvalue weighted by Crippen LogP contribution is 2.33. The van der Waals surface area contributed by atoms with Gasteiger partial charge < -0.3 is 9.32 Å². The molecule has 0 atom stereocenters. The first-order valence-corrected chi connectivity index (χ1v) is 11.1. The summed E-state index contributed by atoms with van der Waals surface area (Å²) in [6, 6.07) is 23.7. The van der Waals surface area contributed by atoms with Crippen LogP contribution in [0.3, 0.4) is 0 Å². The normalized spacial score (nSPS) is 10.8. The molecule has 7 nitrogen and oxygen atoms in total. The van der Waals surface area contributed by atoms with Gasteiger partial charge in [-0.1, -0.05) is 72.3 Å². The Labute approximate surface area is 201 Å². The average Bonchev–Trinajstić information content (AvgIpc) is 3.29. The molecule has 34 heavy (non-hydrogen) atoms. The van der Waals surface area contributed by atoms with Crippen LogP contribution < -0.4 is 0 Å². The number of carbonyl (C=O) groups excluding carboxylic acids is 1. The first-order chi connectivity index (χ1) is 16.4. The minimum absolute atomic E-state index is 0.0677. The highest BCUT2D eigenvalue weighted by Gasteiger charge is 2.19. The molecule has 0 radical (unpaired) electrons. The molecular weight excluding hydrogens is 454 g/mol. The highest BCUT2D eigenvalue weighted by molar-refractivity contribution is 6.31. The molecule has 0 fully saturated rings. The van der Waals surface area contributed by atoms with Crippen LogP contribution >= 0.6 is 11.6 Å². The van der Waals surface area contributed by atoms with Crippen LogP contribution in [0, 0.1) is 10.1 Å². The molecule has 0 bridgehead atoms. The number of carbonyl (C=O) groups is 1. The van der Waals surface area contributed by atoms with Crippen LogP contribution in [0.4, 0.5) is 5.69 Å². The van der Waals surface area contributed by atoms with E-state index in [0.29, 0.717) is 28.7 Å². The van der Waals surface area contributed by atoms with Gasteiger partial charge in [-0.2, -0.15) is 0 Å². The molecule has 1 amide bonds. The molecule has 0 aliphatic heterocycles. The second-order valence-electron chi connectivity index (χ2n) is 7.80. The van der Waals surface area contributed by atoms with E-state index >= 15 is 0 Å². The predicted molar refractivity (Wildman–Crippen MR) is 130 cm³/mol. The number of amides is 1. The van der Waals surface area contributed by atoms with Gasteiger partial charge in [0.25, 0.3) is 5.69 Å². The summed E-state index contributed by atoms with van der Waals surface area (Å²) >= 11 is 6.17. The lowest BCUT2D eigenvalue weighted by atomic mass is 10.1. The van der Waals surface area contributed by atoms with Crippen LogP contribution in [0.5, 0.6) is 0 Å². The Balaban J connectivity index is 1.49. The third-order valence-corrected chi connectivity index (χ3v) is 5.75. The fraction of sp³-hybridized carbons (Fsp3) is 0.154. The minimum Gasteiger partial charge on any atom is -0.440 e. The average molecular weight is 476 g/mol. The number of hydrogen-bond acceptors (Lipinski definition) is 5. The van der Waals surface area contributed by atoms with E-state index in [-0.39, 0.29) is 24.6 Å². The maximum absolute atomic E-state index is 12.8. The van der Waals surface area contributed by atoms with E-state index in [2.05, 4.69) is 4.98 Å². The molecule has 8 heteroatoms. The molecule has 3 aromatic carbocycles. The second kappa shape index (κ2) is 10.3. The summed E-state index contributed by atoms with van der Waals surface area (Å²) in [6.45, 7) is 0.162. The van der Waals surface area contributed by atoms with Crippen molar-refractivity contribution >= 4 is 23.2 Å². The van der Waals surface area contributed by atoms with Crippen molar-refractivity contribution in [2.45, 2.75) is 19.4 Å². The van der Waals surface area contributed by atoms with Crippen molar-refractivity contribution in [3.8, 4) is 22.6 Å². The fourth-order valence-corrected chi connectivity index (χ4v) is 3.77. The highest BCUT2D eigenvalue weighted by atomic mass is 35.5. The lowest BCUT2D eigenvalue weighted by molar-refractivity contribution is -0.384. The summed E-state index contributed by atoms with van der Waals surface area (Å²) in [5.41, 5.74) is 3.01. The summed E-state index contributed by atoms with van der Waals surface area (Å²) in [7, 11) is 1.64. The van der Waals surface area contributed by atoms with E-state index < -0.39 is 4.92 Å². The zero-order valence-electron chi connectivity index (χ0n) is 18.5. The van der Waals surface area contributed by atoms with E-state index in [1.165, 1.54) is 23.1 Å². The molecule has 0 spiro atoms. The summed E-state index contributed by atoms with van der Waals surface area (Å²) < 4.78 is 6.09. The Kier molecular flexibility index (Phi) is 7.04. The number of rotatable bonds is 8. The second-order valence-corrected chi connectivity index (χ2v) is 8.21. The Hall–Kier alpha value is -3.97. The van der Waals surface area contributed by atoms with E-state index in [4.69, 9.17) is 16.0 Å². The molecule has 1 aromatic heterocycles. The molecule has 4 rings (SSSR count). The zero-order valence-corrected chi connectivity index (χ0v) is 19.2. The number of aryl methyl sites for hydroxylation is 1. The van der Waals surface area contributed by atoms with Crippen molar-refractivity contribution in [1.29, 1.82) is 0 Å². The van der Waals surface area contributed by atoms with E-state index in [1.54, 1.807) is 7.05 Å². The number of oxazole rings is 1. The summed E-state index contributed by atoms with van der Waals surface area (Å²) in [5.74, 6) is 0.974. The SMILES string of the molecule is CN(Cc1cc([N+](=O)[O-])ccc1Cl)C(=O)CCc1nc(-c2ccccc2)c(-c2ccccc2)o1. The molecule has 0 aliphatic carbocycles. The number of hydrogen-bond donors (Lipinski definition) is 0. The van der Waals surface area contributed by atoms with Crippen LogP contribution in [0.1, 0.15) is 17.9 Å². The number of halogens is 1. The Morgan fingerprint density at radius 1 is 1.03 bits per heavy atom. The lowest BCUT2D eigenvalue weighted by Crippen LogP contribution is -2.26. The number of non-ortho nitro benzene ring substituents is 1. The van der Waals surface area contributed by atoms with Crippen molar-refractivity contribution in [2.24, 2.45) is 0 Å². The molecular formula is C26H22ClN3O4. The molecule has 4 aromatic rings. The summed E-state index contributed by atoms with van der Waals surface area (Å²) in [4.78, 5) is 29.5. The van der Waals surface area contributed by atoms with Crippen molar-refractivity contribution in [2.75, 3.05) is 7.05 Å². The standard InChI is InChI=1S/C26H22ClN3O4/c1-29(17-20-16-21(30(32)33)12-13-22(20)27)24(31)15-14-23-28-25(18-8-4-2-5-9-18)26(34-23)19-10-6-3-7-11-19/h2-13,16H,14-15,17H2,1H3.